The van der Waals surface area contributed by atoms with Crippen molar-refractivity contribution >= 4 is 11.8 Å². The molecule has 1 aromatic rings. The Balaban J connectivity index is 2.80. The fourth-order valence-electron chi connectivity index (χ4n) is 1.77. The van der Waals surface area contributed by atoms with Crippen LogP contribution in [0, 0.1) is 5.92 Å². The Morgan fingerprint density at radius 1 is 1.32 bits per heavy atom. The van der Waals surface area contributed by atoms with E-state index in [2.05, 4.69) is 4.98 Å². The first-order chi connectivity index (χ1) is 8.91. The van der Waals surface area contributed by atoms with Gasteiger partial charge in [-0.05, 0) is 31.5 Å². The molecule has 0 aliphatic carbocycles. The molecule has 19 heavy (non-hydrogen) atoms. The van der Waals surface area contributed by atoms with E-state index >= 15 is 0 Å². The Morgan fingerprint density at radius 3 is 2.37 bits per heavy atom. The third kappa shape index (κ3) is 4.79. The Hall–Kier alpha value is -1.75. The van der Waals surface area contributed by atoms with E-state index < -0.39 is 11.9 Å². The molecule has 1 aromatic heterocycles. The average molecular weight is 264 g/mol. The smallest absolute Gasteiger partial charge is 0.307 e. The van der Waals surface area contributed by atoms with Gasteiger partial charge in [0.25, 0.3) is 0 Å². The van der Waals surface area contributed by atoms with E-state index in [-0.39, 0.29) is 11.8 Å². The number of Topliss-reactive ketones (excluding diaryl/α,β-unsaturated/α-hetero) is 1. The summed E-state index contributed by atoms with van der Waals surface area (Å²) in [7, 11) is 0. The van der Waals surface area contributed by atoms with Crippen LogP contribution in [0.2, 0.25) is 0 Å². The summed E-state index contributed by atoms with van der Waals surface area (Å²) in [4.78, 5) is 28.3. The minimum Gasteiger partial charge on any atom is -0.481 e. The number of rotatable bonds is 7. The summed E-state index contributed by atoms with van der Waals surface area (Å²) < 4.78 is 0. The van der Waals surface area contributed by atoms with Gasteiger partial charge in [0, 0.05) is 25.5 Å². The molecule has 0 radical (unpaired) electrons. The molecule has 104 valence electrons. The van der Waals surface area contributed by atoms with Crippen molar-refractivity contribution in [1.29, 1.82) is 0 Å². The van der Waals surface area contributed by atoms with Crippen LogP contribution in [0.4, 0.5) is 0 Å². The highest BCUT2D eigenvalue weighted by Crippen LogP contribution is 2.11. The maximum atomic E-state index is 11.5. The number of aliphatic carboxylic acids is 1. The van der Waals surface area contributed by atoms with E-state index in [1.54, 1.807) is 26.2 Å². The molecule has 0 spiro atoms. The molecule has 0 amide bonds. The number of carboxylic acids is 1. The molecule has 0 aliphatic heterocycles. The molecule has 0 aromatic carbocycles. The number of pyridine rings is 1. The Kier molecular flexibility index (Phi) is 5.63. The highest BCUT2D eigenvalue weighted by molar-refractivity contribution is 5.81. The van der Waals surface area contributed by atoms with Crippen LogP contribution in [0.5, 0.6) is 0 Å². The molecule has 1 heterocycles. The first-order valence-corrected chi connectivity index (χ1v) is 6.28. The largest absolute Gasteiger partial charge is 0.481 e. The summed E-state index contributed by atoms with van der Waals surface area (Å²) in [6, 6.07) is 3.44. The lowest BCUT2D eigenvalue weighted by Gasteiger charge is -2.28. The number of carbonyl (C=O) groups excluding carboxylic acids is 1. The molecular weight excluding hydrogens is 244 g/mol. The van der Waals surface area contributed by atoms with Crippen molar-refractivity contribution < 1.29 is 14.7 Å². The first kappa shape index (κ1) is 15.3. The molecule has 0 bridgehead atoms. The Labute approximate surface area is 113 Å². The summed E-state index contributed by atoms with van der Waals surface area (Å²) >= 11 is 0. The number of ketones is 1. The summed E-state index contributed by atoms with van der Waals surface area (Å²) in [5, 5.41) is 9.00. The van der Waals surface area contributed by atoms with Gasteiger partial charge in [0.15, 0.2) is 0 Å². The monoisotopic (exact) mass is 264 g/mol. The fourth-order valence-corrected chi connectivity index (χ4v) is 1.77. The Bertz CT molecular complexity index is 434. The lowest BCUT2D eigenvalue weighted by atomic mass is 10.1. The molecule has 0 saturated carbocycles. The van der Waals surface area contributed by atoms with Crippen LogP contribution in [0.15, 0.2) is 24.5 Å². The number of carboxylic acid groups (broad SMARTS) is 1. The molecule has 5 nitrogen and oxygen atoms in total. The SMILES string of the molecule is CC(=O)C(C)N(Cc1ccncc1)CC(C)C(=O)O. The first-order valence-electron chi connectivity index (χ1n) is 6.28. The third-order valence-corrected chi connectivity index (χ3v) is 3.20. The van der Waals surface area contributed by atoms with E-state index in [4.69, 9.17) is 5.11 Å². The number of aromatic nitrogens is 1. The van der Waals surface area contributed by atoms with Crippen molar-refractivity contribution in [2.24, 2.45) is 5.92 Å². The summed E-state index contributed by atoms with van der Waals surface area (Å²) in [6.07, 6.45) is 3.37. The van der Waals surface area contributed by atoms with Gasteiger partial charge in [-0.1, -0.05) is 6.92 Å². The van der Waals surface area contributed by atoms with Gasteiger partial charge in [-0.15, -0.1) is 0 Å². The van der Waals surface area contributed by atoms with E-state index in [1.165, 1.54) is 6.92 Å². The summed E-state index contributed by atoms with van der Waals surface area (Å²) in [5.41, 5.74) is 1.01. The van der Waals surface area contributed by atoms with Crippen LogP contribution < -0.4 is 0 Å². The molecule has 1 rings (SSSR count). The van der Waals surface area contributed by atoms with Gasteiger partial charge in [0.2, 0.25) is 0 Å². The van der Waals surface area contributed by atoms with Gasteiger partial charge < -0.3 is 5.11 Å². The molecule has 2 atom stereocenters. The van der Waals surface area contributed by atoms with Crippen LogP contribution in [-0.4, -0.2) is 39.3 Å². The maximum absolute atomic E-state index is 11.5. The van der Waals surface area contributed by atoms with Gasteiger partial charge >= 0.3 is 5.97 Å². The second-order valence-corrected chi connectivity index (χ2v) is 4.81. The normalized spacial score (nSPS) is 14.1. The zero-order valence-electron chi connectivity index (χ0n) is 11.5. The van der Waals surface area contributed by atoms with Crippen molar-refractivity contribution in [2.45, 2.75) is 33.4 Å². The van der Waals surface area contributed by atoms with Gasteiger partial charge in [0.05, 0.1) is 12.0 Å². The Morgan fingerprint density at radius 2 is 1.89 bits per heavy atom. The van der Waals surface area contributed by atoms with E-state index in [9.17, 15) is 9.59 Å². The van der Waals surface area contributed by atoms with Crippen LogP contribution in [0.3, 0.4) is 0 Å². The second kappa shape index (κ2) is 6.99. The fraction of sp³-hybridized carbons (Fsp3) is 0.500. The molecule has 2 unspecified atom stereocenters. The maximum Gasteiger partial charge on any atom is 0.307 e. The van der Waals surface area contributed by atoms with Gasteiger partial charge in [-0.2, -0.15) is 0 Å². The lowest BCUT2D eigenvalue weighted by molar-refractivity contribution is -0.142. The quantitative estimate of drug-likeness (QED) is 0.809. The number of nitrogens with zero attached hydrogens (tertiary/aromatic N) is 2. The average Bonchev–Trinajstić information content (AvgIpc) is 2.37. The zero-order valence-corrected chi connectivity index (χ0v) is 11.5. The molecule has 0 saturated heterocycles. The molecule has 0 aliphatic rings. The van der Waals surface area contributed by atoms with Gasteiger partial charge in [0.1, 0.15) is 5.78 Å². The second-order valence-electron chi connectivity index (χ2n) is 4.81. The number of hydrogen-bond acceptors (Lipinski definition) is 4. The minimum absolute atomic E-state index is 0.0339. The van der Waals surface area contributed by atoms with Crippen LogP contribution in [0.25, 0.3) is 0 Å². The van der Waals surface area contributed by atoms with Crippen molar-refractivity contribution in [3.8, 4) is 0 Å². The lowest BCUT2D eigenvalue weighted by Crippen LogP contribution is -2.41. The predicted molar refractivity (Wildman–Crippen MR) is 71.6 cm³/mol. The predicted octanol–water partition coefficient (Wildman–Crippen LogP) is 1.58. The van der Waals surface area contributed by atoms with E-state index in [1.807, 2.05) is 17.0 Å². The van der Waals surface area contributed by atoms with Crippen molar-refractivity contribution in [2.75, 3.05) is 6.54 Å². The molecule has 1 N–H and O–H groups in total. The van der Waals surface area contributed by atoms with E-state index in [0.29, 0.717) is 13.1 Å². The van der Waals surface area contributed by atoms with Gasteiger partial charge in [-0.3, -0.25) is 19.5 Å². The standard InChI is InChI=1S/C14H20N2O3/c1-10(14(18)19)8-16(11(2)12(3)17)9-13-4-6-15-7-5-13/h4-7,10-11H,8-9H2,1-3H3,(H,18,19). The van der Waals surface area contributed by atoms with Crippen LogP contribution in [-0.2, 0) is 16.1 Å². The molecule has 0 fully saturated rings. The van der Waals surface area contributed by atoms with Crippen LogP contribution in [0.1, 0.15) is 26.3 Å². The van der Waals surface area contributed by atoms with Gasteiger partial charge in [-0.25, -0.2) is 0 Å². The minimum atomic E-state index is -0.851. The van der Waals surface area contributed by atoms with Crippen molar-refractivity contribution in [3.63, 3.8) is 0 Å². The van der Waals surface area contributed by atoms with E-state index in [0.717, 1.165) is 5.56 Å². The highest BCUT2D eigenvalue weighted by atomic mass is 16.4. The van der Waals surface area contributed by atoms with Crippen LogP contribution >= 0.6 is 0 Å². The number of hydrogen-bond donors (Lipinski definition) is 1. The summed E-state index contributed by atoms with van der Waals surface area (Å²) in [6.45, 7) is 5.86. The molecular formula is C14H20N2O3. The third-order valence-electron chi connectivity index (χ3n) is 3.20. The van der Waals surface area contributed by atoms with Crippen molar-refractivity contribution in [3.05, 3.63) is 30.1 Å². The number of carbonyl (C=O) groups is 2. The molecule has 5 heteroatoms. The topological polar surface area (TPSA) is 70.5 Å². The summed E-state index contributed by atoms with van der Waals surface area (Å²) in [5.74, 6) is -1.33. The van der Waals surface area contributed by atoms with Crippen molar-refractivity contribution in [1.82, 2.24) is 9.88 Å². The zero-order chi connectivity index (χ0) is 14.4. The highest BCUT2D eigenvalue weighted by Gasteiger charge is 2.23.